The molecule has 2 N–H and O–H groups in total. The second kappa shape index (κ2) is 6.59. The maximum absolute atomic E-state index is 12.3. The zero-order chi connectivity index (χ0) is 18.1. The van der Waals surface area contributed by atoms with Crippen LogP contribution < -0.4 is 10.1 Å². The van der Waals surface area contributed by atoms with Gasteiger partial charge in [0.15, 0.2) is 5.76 Å². The fourth-order valence-electron chi connectivity index (χ4n) is 3.40. The Kier molecular flexibility index (Phi) is 4.13. The number of ketones is 1. The van der Waals surface area contributed by atoms with Crippen molar-refractivity contribution in [2.45, 2.75) is 6.42 Å². The average Bonchev–Trinajstić information content (AvgIpc) is 3.05. The van der Waals surface area contributed by atoms with Gasteiger partial charge in [-0.1, -0.05) is 12.2 Å². The van der Waals surface area contributed by atoms with Gasteiger partial charge in [0.05, 0.1) is 25.6 Å². The number of methoxy groups -OCH3 is 2. The number of allylic oxidation sites excluding steroid dienone is 6. The lowest BCUT2D eigenvalue weighted by Gasteiger charge is -2.17. The molecule has 0 fully saturated rings. The SMILES string of the molecule is COC1=CC=C/C(=C\C=C2/NCCc3c2[nH]c2cc(OC)ccc32)C1=O. The molecule has 5 heteroatoms. The van der Waals surface area contributed by atoms with E-state index in [1.807, 2.05) is 30.4 Å². The van der Waals surface area contributed by atoms with Crippen LogP contribution in [-0.4, -0.2) is 31.5 Å². The minimum absolute atomic E-state index is 0.107. The van der Waals surface area contributed by atoms with Crippen molar-refractivity contribution in [2.75, 3.05) is 20.8 Å². The zero-order valence-corrected chi connectivity index (χ0v) is 14.8. The number of H-pyrrole nitrogens is 1. The molecule has 0 unspecified atom stereocenters. The zero-order valence-electron chi connectivity index (χ0n) is 14.8. The van der Waals surface area contributed by atoms with Gasteiger partial charge in [0, 0.05) is 29.1 Å². The summed E-state index contributed by atoms with van der Waals surface area (Å²) in [6, 6.07) is 6.08. The number of Topliss-reactive ketones (excluding diaryl/α,β-unsaturated/α-hetero) is 1. The maximum Gasteiger partial charge on any atom is 0.227 e. The van der Waals surface area contributed by atoms with Gasteiger partial charge in [-0.25, -0.2) is 0 Å². The van der Waals surface area contributed by atoms with Crippen LogP contribution in [0.5, 0.6) is 5.75 Å². The number of rotatable bonds is 3. The van der Waals surface area contributed by atoms with Gasteiger partial charge in [-0.3, -0.25) is 4.79 Å². The number of aromatic amines is 1. The van der Waals surface area contributed by atoms with Crippen molar-refractivity contribution in [3.63, 3.8) is 0 Å². The maximum atomic E-state index is 12.3. The predicted molar refractivity (Wildman–Crippen MR) is 102 cm³/mol. The molecule has 1 aromatic heterocycles. The second-order valence-electron chi connectivity index (χ2n) is 6.19. The number of aromatic nitrogens is 1. The van der Waals surface area contributed by atoms with Crippen molar-refractivity contribution >= 4 is 22.4 Å². The predicted octanol–water partition coefficient (Wildman–Crippen LogP) is 3.26. The number of carbonyl (C=O) groups is 1. The Morgan fingerprint density at radius 1 is 1.15 bits per heavy atom. The monoisotopic (exact) mass is 348 g/mol. The highest BCUT2D eigenvalue weighted by Gasteiger charge is 2.20. The lowest BCUT2D eigenvalue weighted by atomic mass is 10.0. The fourth-order valence-corrected chi connectivity index (χ4v) is 3.40. The number of benzene rings is 1. The standard InChI is InChI=1S/C21H20N2O3/c1-25-14-7-8-15-16-10-11-22-17(20(16)23-18(15)12-14)9-6-13-4-3-5-19(26-2)21(13)24/h3-9,12,22-23H,10-11H2,1-2H3/b13-6+,17-9-. The van der Waals surface area contributed by atoms with Crippen molar-refractivity contribution in [3.8, 4) is 5.75 Å². The van der Waals surface area contributed by atoms with Crippen LogP contribution in [0.2, 0.25) is 0 Å². The third-order valence-corrected chi connectivity index (χ3v) is 4.73. The molecule has 132 valence electrons. The Hall–Kier alpha value is -3.21. The average molecular weight is 348 g/mol. The van der Waals surface area contributed by atoms with Crippen molar-refractivity contribution in [1.29, 1.82) is 0 Å². The Morgan fingerprint density at radius 2 is 2.04 bits per heavy atom. The quantitative estimate of drug-likeness (QED) is 0.836. The van der Waals surface area contributed by atoms with Gasteiger partial charge >= 0.3 is 0 Å². The molecule has 2 aliphatic rings. The lowest BCUT2D eigenvalue weighted by Crippen LogP contribution is -2.22. The normalized spacial score (nSPS) is 19.5. The molecule has 0 amide bonds. The third-order valence-electron chi connectivity index (χ3n) is 4.73. The largest absolute Gasteiger partial charge is 0.497 e. The number of carbonyl (C=O) groups excluding carboxylic acids is 1. The van der Waals surface area contributed by atoms with Crippen LogP contribution in [0.3, 0.4) is 0 Å². The first-order valence-electron chi connectivity index (χ1n) is 8.53. The van der Waals surface area contributed by atoms with E-state index in [4.69, 9.17) is 9.47 Å². The summed E-state index contributed by atoms with van der Waals surface area (Å²) in [4.78, 5) is 15.8. The topological polar surface area (TPSA) is 63.4 Å². The molecular formula is C21H20N2O3. The number of hydrogen-bond donors (Lipinski definition) is 2. The molecule has 0 spiro atoms. The highest BCUT2D eigenvalue weighted by atomic mass is 16.5. The summed E-state index contributed by atoms with van der Waals surface area (Å²) in [7, 11) is 3.17. The summed E-state index contributed by atoms with van der Waals surface area (Å²) >= 11 is 0. The Labute approximate surface area is 151 Å². The van der Waals surface area contributed by atoms with Crippen LogP contribution in [0, 0.1) is 0 Å². The van der Waals surface area contributed by atoms with Crippen LogP contribution >= 0.6 is 0 Å². The molecule has 0 saturated carbocycles. The highest BCUT2D eigenvalue weighted by molar-refractivity contribution is 6.10. The minimum Gasteiger partial charge on any atom is -0.497 e. The van der Waals surface area contributed by atoms with E-state index < -0.39 is 0 Å². The smallest absolute Gasteiger partial charge is 0.227 e. The van der Waals surface area contributed by atoms with Crippen LogP contribution in [-0.2, 0) is 16.0 Å². The van der Waals surface area contributed by atoms with Gasteiger partial charge in [0.1, 0.15) is 5.75 Å². The van der Waals surface area contributed by atoms with Crippen molar-refractivity contribution in [3.05, 3.63) is 71.2 Å². The van der Waals surface area contributed by atoms with Gasteiger partial charge in [-0.15, -0.1) is 0 Å². The molecule has 2 aromatic rings. The Balaban J connectivity index is 1.73. The number of fused-ring (bicyclic) bond motifs is 3. The molecule has 1 aliphatic heterocycles. The first kappa shape index (κ1) is 16.3. The van der Waals surface area contributed by atoms with E-state index >= 15 is 0 Å². The van der Waals surface area contributed by atoms with Gasteiger partial charge in [-0.2, -0.15) is 0 Å². The van der Waals surface area contributed by atoms with Crippen LogP contribution in [0.1, 0.15) is 11.3 Å². The Bertz CT molecular complexity index is 1010. The molecular weight excluding hydrogens is 328 g/mol. The minimum atomic E-state index is -0.107. The number of hydrogen-bond acceptors (Lipinski definition) is 4. The van der Waals surface area contributed by atoms with Crippen LogP contribution in [0.4, 0.5) is 0 Å². The number of nitrogens with one attached hydrogen (secondary N) is 2. The van der Waals surface area contributed by atoms with Gasteiger partial charge in [-0.05, 0) is 42.3 Å². The van der Waals surface area contributed by atoms with E-state index in [9.17, 15) is 4.79 Å². The molecule has 5 nitrogen and oxygen atoms in total. The summed E-state index contributed by atoms with van der Waals surface area (Å²) in [5.74, 6) is 1.07. The summed E-state index contributed by atoms with van der Waals surface area (Å²) in [5.41, 5.74) is 4.97. The lowest BCUT2D eigenvalue weighted by molar-refractivity contribution is -0.114. The van der Waals surface area contributed by atoms with E-state index in [1.165, 1.54) is 18.1 Å². The summed E-state index contributed by atoms with van der Waals surface area (Å²) in [5, 5.41) is 4.62. The molecule has 0 saturated heterocycles. The van der Waals surface area contributed by atoms with Crippen LogP contribution in [0.15, 0.2) is 59.9 Å². The highest BCUT2D eigenvalue weighted by Crippen LogP contribution is 2.31. The molecule has 0 bridgehead atoms. The summed E-state index contributed by atoms with van der Waals surface area (Å²) in [6.45, 7) is 0.855. The molecule has 0 atom stereocenters. The first-order valence-corrected chi connectivity index (χ1v) is 8.53. The van der Waals surface area contributed by atoms with E-state index in [0.717, 1.165) is 35.6 Å². The van der Waals surface area contributed by atoms with E-state index in [2.05, 4.69) is 16.4 Å². The summed E-state index contributed by atoms with van der Waals surface area (Å²) in [6.07, 6.45) is 10.0. The van der Waals surface area contributed by atoms with Crippen molar-refractivity contribution in [2.24, 2.45) is 0 Å². The fraction of sp³-hybridized carbons (Fsp3) is 0.190. The van der Waals surface area contributed by atoms with Gasteiger partial charge in [0.25, 0.3) is 0 Å². The summed E-state index contributed by atoms with van der Waals surface area (Å²) < 4.78 is 10.4. The van der Waals surface area contributed by atoms with Gasteiger partial charge < -0.3 is 19.8 Å². The van der Waals surface area contributed by atoms with E-state index in [-0.39, 0.29) is 5.78 Å². The van der Waals surface area contributed by atoms with Crippen LogP contribution in [0.25, 0.3) is 16.6 Å². The van der Waals surface area contributed by atoms with Gasteiger partial charge in [0.2, 0.25) is 5.78 Å². The molecule has 2 heterocycles. The first-order chi connectivity index (χ1) is 12.7. The second-order valence-corrected chi connectivity index (χ2v) is 6.19. The van der Waals surface area contributed by atoms with E-state index in [1.54, 1.807) is 19.3 Å². The third kappa shape index (κ3) is 2.71. The molecule has 0 radical (unpaired) electrons. The molecule has 4 rings (SSSR count). The molecule has 1 aromatic carbocycles. The van der Waals surface area contributed by atoms with Crippen molar-refractivity contribution in [1.82, 2.24) is 10.3 Å². The molecule has 1 aliphatic carbocycles. The Morgan fingerprint density at radius 3 is 2.85 bits per heavy atom. The van der Waals surface area contributed by atoms with E-state index in [0.29, 0.717) is 11.3 Å². The molecule has 26 heavy (non-hydrogen) atoms. The van der Waals surface area contributed by atoms with Crippen molar-refractivity contribution < 1.29 is 14.3 Å². The number of ether oxygens (including phenoxy) is 2.